The Kier molecular flexibility index (Phi) is 6.26. The van der Waals surface area contributed by atoms with Gasteiger partial charge in [-0.05, 0) is 24.7 Å². The Balaban J connectivity index is 2.64. The predicted molar refractivity (Wildman–Crippen MR) is 80.7 cm³/mol. The zero-order chi connectivity index (χ0) is 15.3. The number of carbonyl (C=O) groups is 1. The summed E-state index contributed by atoms with van der Waals surface area (Å²) in [4.78, 5) is 11.5. The molecule has 0 heterocycles. The molecule has 0 aromatic heterocycles. The van der Waals surface area contributed by atoms with Crippen molar-refractivity contribution in [1.82, 2.24) is 10.0 Å². The number of nitrogens with one attached hydrogen (secondary N) is 2. The number of amides is 1. The van der Waals surface area contributed by atoms with E-state index >= 15 is 0 Å². The molecule has 0 saturated carbocycles. The smallest absolute Gasteiger partial charge is 0.236 e. The van der Waals surface area contributed by atoms with Crippen LogP contribution in [0, 0.1) is 0 Å². The summed E-state index contributed by atoms with van der Waals surface area (Å²) in [5, 5.41) is 3.58. The van der Waals surface area contributed by atoms with Gasteiger partial charge in [0.1, 0.15) is 5.75 Å². The Morgan fingerprint density at radius 3 is 2.35 bits per heavy atom. The zero-order valence-electron chi connectivity index (χ0n) is 11.1. The van der Waals surface area contributed by atoms with Gasteiger partial charge in [0.2, 0.25) is 15.9 Å². The Bertz CT molecular complexity index is 570. The van der Waals surface area contributed by atoms with Crippen molar-refractivity contribution in [2.45, 2.75) is 12.8 Å². The van der Waals surface area contributed by atoms with Crippen LogP contribution in [0.3, 0.4) is 0 Å². The molecule has 1 aromatic carbocycles. The van der Waals surface area contributed by atoms with E-state index in [-0.39, 0.29) is 12.5 Å². The minimum Gasteiger partial charge on any atom is -0.355 e. The van der Waals surface area contributed by atoms with E-state index in [9.17, 15) is 13.2 Å². The second-order valence-electron chi connectivity index (χ2n) is 4.30. The van der Waals surface area contributed by atoms with Crippen LogP contribution in [0.25, 0.3) is 0 Å². The monoisotopic (exact) mass is 338 g/mol. The van der Waals surface area contributed by atoms with Crippen LogP contribution in [-0.4, -0.2) is 33.7 Å². The largest absolute Gasteiger partial charge is 0.355 e. The van der Waals surface area contributed by atoms with Crippen molar-refractivity contribution in [3.05, 3.63) is 33.8 Å². The summed E-state index contributed by atoms with van der Waals surface area (Å²) in [6.45, 7) is 2.10. The lowest BCUT2D eigenvalue weighted by Gasteiger charge is -2.16. The van der Waals surface area contributed by atoms with Crippen molar-refractivity contribution in [1.29, 1.82) is 0 Å². The fourth-order valence-electron chi connectivity index (χ4n) is 1.65. The molecule has 20 heavy (non-hydrogen) atoms. The summed E-state index contributed by atoms with van der Waals surface area (Å²) in [5.74, 6) is -1.31. The molecule has 1 amide bonds. The van der Waals surface area contributed by atoms with Crippen LogP contribution >= 0.6 is 23.2 Å². The van der Waals surface area contributed by atoms with E-state index in [1.807, 2.05) is 6.92 Å². The van der Waals surface area contributed by atoms with Crippen LogP contribution in [-0.2, 0) is 14.8 Å². The van der Waals surface area contributed by atoms with Gasteiger partial charge in [0.05, 0.1) is 0 Å². The second kappa shape index (κ2) is 7.26. The average molecular weight is 339 g/mol. The molecule has 0 aliphatic rings. The molecule has 8 heteroatoms. The third-order valence-corrected chi connectivity index (χ3v) is 4.65. The summed E-state index contributed by atoms with van der Waals surface area (Å²) in [7, 11) is -2.30. The van der Waals surface area contributed by atoms with Crippen molar-refractivity contribution < 1.29 is 13.2 Å². The van der Waals surface area contributed by atoms with Gasteiger partial charge in [0.15, 0.2) is 0 Å². The minimum atomic E-state index is -3.56. The number of rotatable bonds is 6. The Labute approximate surface area is 128 Å². The minimum absolute atomic E-state index is 0.127. The highest BCUT2D eigenvalue weighted by atomic mass is 35.5. The molecule has 1 atom stereocenters. The highest BCUT2D eigenvalue weighted by Gasteiger charge is 2.17. The van der Waals surface area contributed by atoms with Crippen molar-refractivity contribution in [2.24, 2.45) is 0 Å². The molecular weight excluding hydrogens is 323 g/mol. The number of sulfonamides is 1. The van der Waals surface area contributed by atoms with Crippen molar-refractivity contribution in [3.63, 3.8) is 0 Å². The van der Waals surface area contributed by atoms with Gasteiger partial charge in [0.25, 0.3) is 0 Å². The summed E-state index contributed by atoms with van der Waals surface area (Å²) in [5.41, 5.74) is 0.729. The molecule has 1 unspecified atom stereocenters. The van der Waals surface area contributed by atoms with Crippen LogP contribution in [0.1, 0.15) is 18.4 Å². The molecule has 5 nitrogen and oxygen atoms in total. The van der Waals surface area contributed by atoms with Crippen LogP contribution in [0.5, 0.6) is 0 Å². The zero-order valence-corrected chi connectivity index (χ0v) is 13.4. The molecule has 1 aromatic rings. The van der Waals surface area contributed by atoms with Gasteiger partial charge in [-0.1, -0.05) is 36.2 Å². The van der Waals surface area contributed by atoms with Gasteiger partial charge in [-0.3, -0.25) is 4.79 Å². The quantitative estimate of drug-likeness (QED) is 0.829. The number of benzene rings is 1. The van der Waals surface area contributed by atoms with E-state index in [1.54, 1.807) is 18.2 Å². The number of hydrogen-bond donors (Lipinski definition) is 2. The molecule has 0 saturated heterocycles. The predicted octanol–water partition coefficient (Wildman–Crippen LogP) is 1.76. The Morgan fingerprint density at radius 1 is 1.30 bits per heavy atom. The molecule has 0 spiro atoms. The maximum Gasteiger partial charge on any atom is 0.236 e. The summed E-state index contributed by atoms with van der Waals surface area (Å²) in [6, 6.07) is 5.16. The molecule has 0 radical (unpaired) electrons. The fourth-order valence-corrected chi connectivity index (χ4v) is 3.01. The lowest BCUT2D eigenvalue weighted by Crippen LogP contribution is -2.36. The topological polar surface area (TPSA) is 75.3 Å². The third-order valence-electron chi connectivity index (χ3n) is 2.73. The summed E-state index contributed by atoms with van der Waals surface area (Å²) in [6.07, 6.45) is 0. The van der Waals surface area contributed by atoms with Gasteiger partial charge in [-0.15, -0.1) is 0 Å². The van der Waals surface area contributed by atoms with Gasteiger partial charge < -0.3 is 5.32 Å². The first-order valence-electron chi connectivity index (χ1n) is 5.88. The lowest BCUT2D eigenvalue weighted by molar-refractivity contribution is -0.118. The first-order valence-corrected chi connectivity index (χ1v) is 8.29. The Hall–Kier alpha value is -0.820. The molecule has 1 rings (SSSR count). The van der Waals surface area contributed by atoms with Crippen molar-refractivity contribution >= 4 is 39.1 Å². The molecule has 0 aliphatic heterocycles. The first-order chi connectivity index (χ1) is 9.26. The van der Waals surface area contributed by atoms with Crippen LogP contribution in [0.4, 0.5) is 0 Å². The Morgan fingerprint density at radius 2 is 1.85 bits per heavy atom. The summed E-state index contributed by atoms with van der Waals surface area (Å²) < 4.78 is 24.5. The molecule has 0 fully saturated rings. The van der Waals surface area contributed by atoms with E-state index in [4.69, 9.17) is 23.2 Å². The highest BCUT2D eigenvalue weighted by Crippen LogP contribution is 2.30. The van der Waals surface area contributed by atoms with E-state index in [0.717, 1.165) is 5.56 Å². The molecule has 0 aliphatic carbocycles. The molecule has 2 N–H and O–H groups in total. The van der Waals surface area contributed by atoms with E-state index < -0.39 is 21.7 Å². The maximum absolute atomic E-state index is 11.5. The van der Waals surface area contributed by atoms with E-state index in [0.29, 0.717) is 10.0 Å². The van der Waals surface area contributed by atoms with Crippen LogP contribution in [0.2, 0.25) is 10.0 Å². The molecule has 112 valence electrons. The SMILES string of the molecule is CNS(=O)(=O)CC(=O)NCC(C)c1c(Cl)cccc1Cl. The van der Waals surface area contributed by atoms with Gasteiger partial charge in [0, 0.05) is 22.5 Å². The third kappa shape index (κ3) is 4.94. The fraction of sp³-hybridized carbons (Fsp3) is 0.417. The maximum atomic E-state index is 11.5. The van der Waals surface area contributed by atoms with Gasteiger partial charge in [-0.2, -0.15) is 0 Å². The van der Waals surface area contributed by atoms with E-state index in [2.05, 4.69) is 10.0 Å². The standard InChI is InChI=1S/C12H16Cl2N2O3S/c1-8(12-9(13)4-3-5-10(12)14)6-16-11(17)7-20(18,19)15-2/h3-5,8,15H,6-7H2,1-2H3,(H,16,17). The van der Waals surface area contributed by atoms with Crippen molar-refractivity contribution in [2.75, 3.05) is 19.3 Å². The normalized spacial score (nSPS) is 13.0. The first kappa shape index (κ1) is 17.2. The van der Waals surface area contributed by atoms with Crippen molar-refractivity contribution in [3.8, 4) is 0 Å². The molecular formula is C12H16Cl2N2O3S. The number of carbonyl (C=O) groups excluding carboxylic acids is 1. The summed E-state index contributed by atoms with van der Waals surface area (Å²) >= 11 is 12.1. The lowest BCUT2D eigenvalue weighted by atomic mass is 10.0. The van der Waals surface area contributed by atoms with Crippen LogP contribution < -0.4 is 10.0 Å². The second-order valence-corrected chi connectivity index (χ2v) is 7.04. The highest BCUT2D eigenvalue weighted by molar-refractivity contribution is 7.90. The van der Waals surface area contributed by atoms with Gasteiger partial charge >= 0.3 is 0 Å². The van der Waals surface area contributed by atoms with E-state index in [1.165, 1.54) is 7.05 Å². The van der Waals surface area contributed by atoms with Crippen LogP contribution in [0.15, 0.2) is 18.2 Å². The average Bonchev–Trinajstić information content (AvgIpc) is 2.35. The van der Waals surface area contributed by atoms with Gasteiger partial charge in [-0.25, -0.2) is 13.1 Å². The number of hydrogen-bond acceptors (Lipinski definition) is 3. The molecule has 0 bridgehead atoms. The number of halogens is 2.